The van der Waals surface area contributed by atoms with Crippen LogP contribution in [0.25, 0.3) is 43.4 Å². The van der Waals surface area contributed by atoms with E-state index in [2.05, 4.69) is 133 Å². The molecule has 0 saturated carbocycles. The molecule has 268 valence electrons. The second-order valence-corrected chi connectivity index (χ2v) is 15.1. The summed E-state index contributed by atoms with van der Waals surface area (Å²) in [4.78, 5) is 4.37. The Morgan fingerprint density at radius 1 is 0.404 bits per heavy atom. The van der Waals surface area contributed by atoms with E-state index in [4.69, 9.17) is 0 Å². The summed E-state index contributed by atoms with van der Waals surface area (Å²) in [6.45, 7) is 4.73. The molecule has 0 saturated heterocycles. The van der Waals surface area contributed by atoms with Gasteiger partial charge in [0.1, 0.15) is 12.1 Å². The monoisotopic (exact) mass is 728 g/mol. The third-order valence-electron chi connectivity index (χ3n) is 11.6. The minimum Gasteiger partial charge on any atom is -0.309 e. The summed E-state index contributed by atoms with van der Waals surface area (Å²) < 4.78 is 0. The van der Waals surface area contributed by atoms with E-state index in [0.717, 1.165) is 39.5 Å². The highest BCUT2D eigenvalue weighted by atomic mass is 15.1. The van der Waals surface area contributed by atoms with Crippen LogP contribution < -0.4 is 9.80 Å². The molecule has 0 radical (unpaired) electrons. The first kappa shape index (κ1) is 33.9. The molecular weight excluding hydrogens is 693 g/mol. The van der Waals surface area contributed by atoms with Crippen molar-refractivity contribution in [1.29, 1.82) is 10.5 Å². The Morgan fingerprint density at radius 2 is 0.912 bits per heavy atom. The maximum atomic E-state index is 10.2. The van der Waals surface area contributed by atoms with Gasteiger partial charge in [-0.2, -0.15) is 10.5 Å². The van der Waals surface area contributed by atoms with Gasteiger partial charge in [0.25, 0.3) is 0 Å². The molecule has 4 heteroatoms. The van der Waals surface area contributed by atoms with Crippen LogP contribution in [-0.2, 0) is 5.41 Å². The topological polar surface area (TPSA) is 54.1 Å². The summed E-state index contributed by atoms with van der Waals surface area (Å²) in [6.07, 6.45) is 0. The molecule has 0 unspecified atom stereocenters. The predicted molar refractivity (Wildman–Crippen MR) is 235 cm³/mol. The normalized spacial score (nSPS) is 12.5. The first-order valence-corrected chi connectivity index (χ1v) is 19.2. The summed E-state index contributed by atoms with van der Waals surface area (Å²) in [5.74, 6) is 0. The van der Waals surface area contributed by atoms with Crippen molar-refractivity contribution in [1.82, 2.24) is 0 Å². The number of nitrogens with zero attached hydrogens (tertiary/aromatic N) is 4. The molecule has 0 fully saturated rings. The Labute approximate surface area is 332 Å². The molecule has 1 aliphatic rings. The fourth-order valence-electron chi connectivity index (χ4n) is 9.24. The highest BCUT2D eigenvalue weighted by molar-refractivity contribution is 6.20. The molecule has 0 amide bonds. The molecule has 4 nitrogen and oxygen atoms in total. The average molecular weight is 729 g/mol. The Balaban J connectivity index is 1.18. The van der Waals surface area contributed by atoms with Crippen LogP contribution in [0, 0.1) is 22.7 Å². The summed E-state index contributed by atoms with van der Waals surface area (Å²) in [5, 5.41) is 27.5. The van der Waals surface area contributed by atoms with Gasteiger partial charge < -0.3 is 9.80 Å². The first-order chi connectivity index (χ1) is 28.0. The summed E-state index contributed by atoms with van der Waals surface area (Å²) in [5.41, 5.74) is 11.8. The molecule has 9 aromatic carbocycles. The lowest BCUT2D eigenvalue weighted by molar-refractivity contribution is 0.672. The van der Waals surface area contributed by atoms with Crippen LogP contribution in [0.3, 0.4) is 0 Å². The average Bonchev–Trinajstić information content (AvgIpc) is 3.51. The van der Waals surface area contributed by atoms with Crippen molar-refractivity contribution in [3.63, 3.8) is 0 Å². The second-order valence-electron chi connectivity index (χ2n) is 15.1. The van der Waals surface area contributed by atoms with Gasteiger partial charge in [-0.25, -0.2) is 0 Å². The van der Waals surface area contributed by atoms with Gasteiger partial charge in [-0.3, -0.25) is 0 Å². The molecule has 0 spiro atoms. The molecular formula is C53H36N4. The van der Waals surface area contributed by atoms with Crippen molar-refractivity contribution < 1.29 is 0 Å². The van der Waals surface area contributed by atoms with Crippen LogP contribution >= 0.6 is 0 Å². The number of anilines is 6. The van der Waals surface area contributed by atoms with Gasteiger partial charge in [-0.1, -0.05) is 123 Å². The number of para-hydroxylation sites is 4. The molecule has 0 aliphatic heterocycles. The molecule has 0 heterocycles. The van der Waals surface area contributed by atoms with E-state index in [9.17, 15) is 10.5 Å². The third kappa shape index (κ3) is 5.27. The van der Waals surface area contributed by atoms with Gasteiger partial charge >= 0.3 is 0 Å². The van der Waals surface area contributed by atoms with E-state index in [1.54, 1.807) is 0 Å². The van der Waals surface area contributed by atoms with Crippen molar-refractivity contribution >= 4 is 66.4 Å². The van der Waals surface area contributed by atoms with Crippen molar-refractivity contribution in [2.24, 2.45) is 0 Å². The van der Waals surface area contributed by atoms with Gasteiger partial charge in [-0.15, -0.1) is 0 Å². The van der Waals surface area contributed by atoms with Crippen LogP contribution in [0.4, 0.5) is 34.1 Å². The lowest BCUT2D eigenvalue weighted by Crippen LogP contribution is -2.17. The first-order valence-electron chi connectivity index (χ1n) is 19.2. The third-order valence-corrected chi connectivity index (χ3v) is 11.6. The van der Waals surface area contributed by atoms with Crippen LogP contribution in [-0.4, -0.2) is 0 Å². The van der Waals surface area contributed by atoms with Gasteiger partial charge in [0, 0.05) is 28.2 Å². The number of rotatable bonds is 6. The lowest BCUT2D eigenvalue weighted by atomic mass is 9.77. The number of nitriles is 2. The minimum atomic E-state index is -0.325. The summed E-state index contributed by atoms with van der Waals surface area (Å²) in [6, 6.07) is 67.9. The Hall–Kier alpha value is -7.66. The molecule has 0 N–H and O–H groups in total. The molecule has 9 aromatic rings. The smallest absolute Gasteiger partial charge is 0.101 e. The van der Waals surface area contributed by atoms with Crippen molar-refractivity contribution in [3.8, 4) is 23.3 Å². The Morgan fingerprint density at radius 3 is 1.51 bits per heavy atom. The van der Waals surface area contributed by atoms with E-state index in [1.807, 2.05) is 84.9 Å². The van der Waals surface area contributed by atoms with Crippen molar-refractivity contribution in [2.75, 3.05) is 9.80 Å². The quantitative estimate of drug-likeness (QED) is 0.160. The van der Waals surface area contributed by atoms with Crippen LogP contribution in [0.2, 0.25) is 0 Å². The van der Waals surface area contributed by atoms with Crippen LogP contribution in [0.15, 0.2) is 182 Å². The van der Waals surface area contributed by atoms with E-state index in [0.29, 0.717) is 11.1 Å². The SMILES string of the molecule is CC1(C)c2c(ccc3cc(N(c4ccccc4)c4ccccc4C#N)ccc23)-c2c1c1ccc(N(c3ccccc3)c3ccccc3C#N)cc1c1ccccc21. The van der Waals surface area contributed by atoms with Gasteiger partial charge in [0.05, 0.1) is 22.5 Å². The zero-order valence-electron chi connectivity index (χ0n) is 31.6. The molecule has 1 aliphatic carbocycles. The van der Waals surface area contributed by atoms with E-state index < -0.39 is 0 Å². The van der Waals surface area contributed by atoms with Crippen LogP contribution in [0.1, 0.15) is 36.1 Å². The maximum absolute atomic E-state index is 10.2. The molecule has 0 atom stereocenters. The maximum Gasteiger partial charge on any atom is 0.101 e. The van der Waals surface area contributed by atoms with E-state index in [1.165, 1.54) is 49.2 Å². The fourth-order valence-corrected chi connectivity index (χ4v) is 9.24. The highest BCUT2D eigenvalue weighted by Gasteiger charge is 2.40. The largest absolute Gasteiger partial charge is 0.309 e. The van der Waals surface area contributed by atoms with Crippen LogP contribution in [0.5, 0.6) is 0 Å². The Bertz CT molecular complexity index is 3130. The zero-order valence-corrected chi connectivity index (χ0v) is 31.6. The van der Waals surface area contributed by atoms with Crippen molar-refractivity contribution in [2.45, 2.75) is 19.3 Å². The molecule has 0 bridgehead atoms. The fraction of sp³-hybridized carbons (Fsp3) is 0.0566. The number of hydrogen-bond acceptors (Lipinski definition) is 4. The predicted octanol–water partition coefficient (Wildman–Crippen LogP) is 14.1. The molecule has 57 heavy (non-hydrogen) atoms. The zero-order chi connectivity index (χ0) is 38.7. The van der Waals surface area contributed by atoms with E-state index in [-0.39, 0.29) is 5.41 Å². The van der Waals surface area contributed by atoms with Crippen molar-refractivity contribution in [3.05, 3.63) is 204 Å². The standard InChI is InChI=1S/C53H36N4/c1-53(2)51-42-29-26-40(56(38-17-5-3-6-18-38)48-23-13-9-15-36(48)33-54)31-35(42)25-28-46(51)50-44-22-12-11-21-43(44)47-32-41(27-30-45(47)52(50)53)57(39-19-7-4-8-20-39)49-24-14-10-16-37(49)34-55/h3-32H,1-2H3. The minimum absolute atomic E-state index is 0.325. The lowest BCUT2D eigenvalue weighted by Gasteiger charge is -2.29. The molecule has 10 rings (SSSR count). The number of hydrogen-bond donors (Lipinski definition) is 0. The summed E-state index contributed by atoms with van der Waals surface area (Å²) >= 11 is 0. The number of fused-ring (bicyclic) bond motifs is 10. The number of benzene rings is 9. The second kappa shape index (κ2) is 13.3. The van der Waals surface area contributed by atoms with E-state index >= 15 is 0 Å². The summed E-state index contributed by atoms with van der Waals surface area (Å²) in [7, 11) is 0. The molecule has 0 aromatic heterocycles. The van der Waals surface area contributed by atoms with Gasteiger partial charge in [0.2, 0.25) is 0 Å². The highest BCUT2D eigenvalue weighted by Crippen LogP contribution is 2.57. The van der Waals surface area contributed by atoms with Gasteiger partial charge in [-0.05, 0) is 127 Å². The Kier molecular flexibility index (Phi) is 7.89. The van der Waals surface area contributed by atoms with Gasteiger partial charge in [0.15, 0.2) is 0 Å².